The first-order valence-corrected chi connectivity index (χ1v) is 12.6. The zero-order valence-corrected chi connectivity index (χ0v) is 20.9. The van der Waals surface area contributed by atoms with Crippen molar-refractivity contribution in [3.8, 4) is 0 Å². The van der Waals surface area contributed by atoms with Crippen LogP contribution in [0.5, 0.6) is 0 Å². The first kappa shape index (κ1) is 23.4. The van der Waals surface area contributed by atoms with Crippen molar-refractivity contribution < 1.29 is 0 Å². The zero-order valence-electron chi connectivity index (χ0n) is 20.9. The van der Waals surface area contributed by atoms with Gasteiger partial charge in [0.1, 0.15) is 0 Å². The van der Waals surface area contributed by atoms with E-state index < -0.39 is 0 Å². The number of tetrazole rings is 1. The van der Waals surface area contributed by atoms with Gasteiger partial charge >= 0.3 is 0 Å². The van der Waals surface area contributed by atoms with Gasteiger partial charge < -0.3 is 4.98 Å². The molecule has 0 amide bonds. The van der Waals surface area contributed by atoms with E-state index in [1.807, 2.05) is 10.7 Å². The molecule has 0 unspecified atom stereocenters. The summed E-state index contributed by atoms with van der Waals surface area (Å²) in [5.74, 6) is 0.869. The van der Waals surface area contributed by atoms with Gasteiger partial charge in [-0.1, -0.05) is 55.2 Å². The summed E-state index contributed by atoms with van der Waals surface area (Å²) in [6.45, 7) is 8.06. The summed E-state index contributed by atoms with van der Waals surface area (Å²) in [6, 6.07) is 15.2. The molecule has 2 aromatic carbocycles. The fourth-order valence-corrected chi connectivity index (χ4v) is 5.32. The minimum Gasteiger partial charge on any atom is -0.322 e. The van der Waals surface area contributed by atoms with E-state index in [1.54, 1.807) is 0 Å². The van der Waals surface area contributed by atoms with Crippen LogP contribution in [0, 0.1) is 20.8 Å². The van der Waals surface area contributed by atoms with Gasteiger partial charge in [-0.15, -0.1) is 5.10 Å². The number of aromatic nitrogens is 5. The van der Waals surface area contributed by atoms with Crippen LogP contribution in [-0.2, 0) is 19.6 Å². The molecule has 7 heteroatoms. The van der Waals surface area contributed by atoms with Crippen LogP contribution in [0.25, 0.3) is 10.9 Å². The quantitative estimate of drug-likeness (QED) is 0.404. The number of hydrogen-bond donors (Lipinski definition) is 1. The topological polar surface area (TPSA) is 79.7 Å². The molecule has 1 aliphatic carbocycles. The minimum absolute atomic E-state index is 0.0386. The summed E-state index contributed by atoms with van der Waals surface area (Å²) in [5.41, 5.74) is 6.37. The maximum atomic E-state index is 13.1. The summed E-state index contributed by atoms with van der Waals surface area (Å²) in [4.78, 5) is 18.5. The fourth-order valence-electron chi connectivity index (χ4n) is 5.32. The molecule has 1 N–H and O–H groups in total. The zero-order chi connectivity index (χ0) is 24.4. The molecule has 2 aromatic heterocycles. The summed E-state index contributed by atoms with van der Waals surface area (Å²) >= 11 is 0. The Bertz CT molecular complexity index is 1360. The average molecular weight is 471 g/mol. The number of aryl methyl sites for hydroxylation is 3. The van der Waals surface area contributed by atoms with E-state index in [0.29, 0.717) is 25.7 Å². The maximum absolute atomic E-state index is 13.1. The largest absolute Gasteiger partial charge is 0.322 e. The Morgan fingerprint density at radius 3 is 2.49 bits per heavy atom. The monoisotopic (exact) mass is 470 g/mol. The highest BCUT2D eigenvalue weighted by Gasteiger charge is 2.22. The third-order valence-electron chi connectivity index (χ3n) is 7.16. The third-order valence-corrected chi connectivity index (χ3v) is 7.16. The normalized spacial score (nSPS) is 14.7. The summed E-state index contributed by atoms with van der Waals surface area (Å²) in [7, 11) is 0. The molecule has 5 rings (SSSR count). The number of aromatic amines is 1. The third kappa shape index (κ3) is 5.35. The molecule has 35 heavy (non-hydrogen) atoms. The van der Waals surface area contributed by atoms with Gasteiger partial charge in [0.2, 0.25) is 0 Å². The predicted molar refractivity (Wildman–Crippen MR) is 138 cm³/mol. The van der Waals surface area contributed by atoms with Gasteiger partial charge in [-0.2, -0.15) is 0 Å². The van der Waals surface area contributed by atoms with Gasteiger partial charge in [0.25, 0.3) is 5.56 Å². The summed E-state index contributed by atoms with van der Waals surface area (Å²) < 4.78 is 2.03. The Balaban J connectivity index is 1.46. The lowest BCUT2D eigenvalue weighted by molar-refractivity contribution is 0.225. The highest BCUT2D eigenvalue weighted by Crippen LogP contribution is 2.28. The Hall–Kier alpha value is -3.32. The lowest BCUT2D eigenvalue weighted by atomic mass is 9.95. The second kappa shape index (κ2) is 10.1. The van der Waals surface area contributed by atoms with Gasteiger partial charge in [0, 0.05) is 29.6 Å². The Labute approximate surface area is 206 Å². The van der Waals surface area contributed by atoms with Crippen LogP contribution in [0.1, 0.15) is 71.8 Å². The molecule has 182 valence electrons. The molecule has 0 spiro atoms. The molecular weight excluding hydrogens is 436 g/mol. The van der Waals surface area contributed by atoms with Gasteiger partial charge in [-0.3, -0.25) is 9.69 Å². The van der Waals surface area contributed by atoms with E-state index in [2.05, 4.69) is 82.6 Å². The Morgan fingerprint density at radius 2 is 1.71 bits per heavy atom. The van der Waals surface area contributed by atoms with Crippen molar-refractivity contribution in [2.45, 2.75) is 78.6 Å². The van der Waals surface area contributed by atoms with Crippen molar-refractivity contribution >= 4 is 10.9 Å². The number of nitrogens with one attached hydrogen (secondary N) is 1. The van der Waals surface area contributed by atoms with Crippen molar-refractivity contribution in [1.29, 1.82) is 0 Å². The summed E-state index contributed by atoms with van der Waals surface area (Å²) in [5, 5.41) is 13.9. The number of nitrogens with zero attached hydrogens (tertiary/aromatic N) is 5. The molecule has 0 bridgehead atoms. The van der Waals surface area contributed by atoms with Crippen LogP contribution in [0.4, 0.5) is 0 Å². The molecule has 4 aromatic rings. The highest BCUT2D eigenvalue weighted by atomic mass is 16.1. The lowest BCUT2D eigenvalue weighted by Gasteiger charge is -2.25. The summed E-state index contributed by atoms with van der Waals surface area (Å²) in [6.07, 6.45) is 5.99. The van der Waals surface area contributed by atoms with E-state index >= 15 is 0 Å². The van der Waals surface area contributed by atoms with Crippen molar-refractivity contribution in [2.75, 3.05) is 0 Å². The molecule has 0 aliphatic heterocycles. The van der Waals surface area contributed by atoms with Crippen molar-refractivity contribution in [1.82, 2.24) is 30.1 Å². The Morgan fingerprint density at radius 1 is 0.943 bits per heavy atom. The second-order valence-corrected chi connectivity index (χ2v) is 10.1. The van der Waals surface area contributed by atoms with Crippen LogP contribution in [0.3, 0.4) is 0 Å². The van der Waals surface area contributed by atoms with Crippen molar-refractivity contribution in [3.05, 3.63) is 86.5 Å². The van der Waals surface area contributed by atoms with Crippen LogP contribution >= 0.6 is 0 Å². The first-order valence-electron chi connectivity index (χ1n) is 12.6. The number of hydrogen-bond acceptors (Lipinski definition) is 5. The molecule has 0 saturated heterocycles. The smallest absolute Gasteiger partial charge is 0.252 e. The van der Waals surface area contributed by atoms with E-state index in [0.717, 1.165) is 40.7 Å². The standard InChI is InChI=1S/C28H34N6O/c1-19-9-11-22(12-10-19)16-33(18-27-30-31-32-34(27)24-7-5-4-6-8-24)17-23-15-25-21(3)13-20(2)14-26(25)29-28(23)35/h9-15,24H,4-8,16-18H2,1-3H3,(H,29,35). The molecule has 0 atom stereocenters. The number of pyridine rings is 1. The van der Waals surface area contributed by atoms with Gasteiger partial charge in [0.05, 0.1) is 12.6 Å². The number of H-pyrrole nitrogens is 1. The SMILES string of the molecule is Cc1ccc(CN(Cc2cc3c(C)cc(C)cc3[nH]c2=O)Cc2nnnn2C2CCCCC2)cc1. The number of benzene rings is 2. The van der Waals surface area contributed by atoms with Gasteiger partial charge in [0.15, 0.2) is 5.82 Å². The van der Waals surface area contributed by atoms with Crippen molar-refractivity contribution in [2.24, 2.45) is 0 Å². The van der Waals surface area contributed by atoms with E-state index in [1.165, 1.54) is 36.0 Å². The van der Waals surface area contributed by atoms with Crippen LogP contribution < -0.4 is 5.56 Å². The first-order chi connectivity index (χ1) is 17.0. The van der Waals surface area contributed by atoms with E-state index in [-0.39, 0.29) is 5.56 Å². The molecule has 0 radical (unpaired) electrons. The predicted octanol–water partition coefficient (Wildman–Crippen LogP) is 5.15. The van der Waals surface area contributed by atoms with Gasteiger partial charge in [-0.25, -0.2) is 4.68 Å². The average Bonchev–Trinajstić information content (AvgIpc) is 3.30. The minimum atomic E-state index is -0.0386. The number of rotatable bonds is 7. The molecule has 1 saturated carbocycles. The van der Waals surface area contributed by atoms with Crippen LogP contribution in [-0.4, -0.2) is 30.1 Å². The molecule has 1 fully saturated rings. The molecule has 7 nitrogen and oxygen atoms in total. The highest BCUT2D eigenvalue weighted by molar-refractivity contribution is 5.83. The second-order valence-electron chi connectivity index (χ2n) is 10.1. The Kier molecular flexibility index (Phi) is 6.77. The van der Waals surface area contributed by atoms with E-state index in [4.69, 9.17) is 0 Å². The van der Waals surface area contributed by atoms with Crippen molar-refractivity contribution in [3.63, 3.8) is 0 Å². The number of fused-ring (bicyclic) bond motifs is 1. The molecule has 1 aliphatic rings. The molecular formula is C28H34N6O. The fraction of sp³-hybridized carbons (Fsp3) is 0.429. The van der Waals surface area contributed by atoms with Gasteiger partial charge in [-0.05, 0) is 72.9 Å². The van der Waals surface area contributed by atoms with E-state index in [9.17, 15) is 4.79 Å². The maximum Gasteiger partial charge on any atom is 0.252 e. The lowest BCUT2D eigenvalue weighted by Crippen LogP contribution is -2.29. The molecule has 2 heterocycles. The van der Waals surface area contributed by atoms with Crippen LogP contribution in [0.15, 0.2) is 47.3 Å². The van der Waals surface area contributed by atoms with Crippen LogP contribution in [0.2, 0.25) is 0 Å².